The van der Waals surface area contributed by atoms with Gasteiger partial charge in [-0.3, -0.25) is 0 Å². The first kappa shape index (κ1) is 9.50. The number of hydrogen-bond acceptors (Lipinski definition) is 2. The first-order valence-electron chi connectivity index (χ1n) is 3.78. The molecule has 0 aromatic heterocycles. The minimum Gasteiger partial charge on any atom is -0.377 e. The van der Waals surface area contributed by atoms with E-state index < -0.39 is 7.14 Å². The van der Waals surface area contributed by atoms with Gasteiger partial charge in [0.25, 0.3) is 0 Å². The molecule has 0 amide bonds. The number of methoxy groups -OCH3 is 1. The molecule has 1 aromatic carbocycles. The highest BCUT2D eigenvalue weighted by Crippen LogP contribution is 2.39. The summed E-state index contributed by atoms with van der Waals surface area (Å²) in [5, 5.41) is 0.881. The van der Waals surface area contributed by atoms with E-state index in [1.165, 1.54) is 0 Å². The average Bonchev–Trinajstić information content (AvgIpc) is 2.06. The van der Waals surface area contributed by atoms with Crippen LogP contribution in [0.1, 0.15) is 0 Å². The first-order chi connectivity index (χ1) is 5.67. The van der Waals surface area contributed by atoms with Crippen molar-refractivity contribution in [1.29, 1.82) is 0 Å². The Morgan fingerprint density at radius 3 is 2.42 bits per heavy atom. The van der Waals surface area contributed by atoms with E-state index in [1.54, 1.807) is 13.8 Å². The Kier molecular flexibility index (Phi) is 3.07. The third-order valence-electron chi connectivity index (χ3n) is 1.68. The summed E-state index contributed by atoms with van der Waals surface area (Å²) in [6.45, 7) is 1.74. The topological polar surface area (TPSA) is 26.3 Å². The lowest BCUT2D eigenvalue weighted by atomic mass is 10.4. The Hall–Kier alpha value is -0.590. The number of benzene rings is 1. The smallest absolute Gasteiger partial charge is 0.137 e. The quantitative estimate of drug-likeness (QED) is 0.671. The van der Waals surface area contributed by atoms with Gasteiger partial charge >= 0.3 is 0 Å². The van der Waals surface area contributed by atoms with Gasteiger partial charge in [0.05, 0.1) is 0 Å². The second-order valence-corrected chi connectivity index (χ2v) is 5.83. The van der Waals surface area contributed by atoms with Gasteiger partial charge in [-0.25, -0.2) is 0 Å². The summed E-state index contributed by atoms with van der Waals surface area (Å²) in [6, 6.07) is 9.44. The van der Waals surface area contributed by atoms with Crippen LogP contribution in [0.4, 0.5) is 0 Å². The van der Waals surface area contributed by atoms with Gasteiger partial charge in [-0.2, -0.15) is 0 Å². The molecule has 66 valence electrons. The lowest BCUT2D eigenvalue weighted by molar-refractivity contribution is 0.250. The molecule has 1 atom stereocenters. The fraction of sp³-hybridized carbons (Fsp3) is 0.333. The molecule has 0 N–H and O–H groups in total. The van der Waals surface area contributed by atoms with Crippen molar-refractivity contribution in [2.75, 3.05) is 20.1 Å². The summed E-state index contributed by atoms with van der Waals surface area (Å²) in [6.07, 6.45) is 0.316. The van der Waals surface area contributed by atoms with E-state index in [4.69, 9.17) is 4.74 Å². The van der Waals surface area contributed by atoms with Gasteiger partial charge in [0.2, 0.25) is 0 Å². The van der Waals surface area contributed by atoms with Crippen molar-refractivity contribution in [3.8, 4) is 0 Å². The predicted molar refractivity (Wildman–Crippen MR) is 51.5 cm³/mol. The second-order valence-electron chi connectivity index (χ2n) is 2.85. The van der Waals surface area contributed by atoms with Crippen LogP contribution in [0, 0.1) is 0 Å². The lowest BCUT2D eigenvalue weighted by Gasteiger charge is -2.11. The van der Waals surface area contributed by atoms with Crippen molar-refractivity contribution in [3.05, 3.63) is 30.3 Å². The Bertz CT molecular complexity index is 282. The molecule has 1 unspecified atom stereocenters. The van der Waals surface area contributed by atoms with Gasteiger partial charge in [0.15, 0.2) is 0 Å². The highest BCUT2D eigenvalue weighted by molar-refractivity contribution is 7.70. The molecule has 0 aliphatic carbocycles. The highest BCUT2D eigenvalue weighted by Gasteiger charge is 2.16. The standard InChI is InChI=1S/C9H13O2P/c1-11-8-12(2,10)9-6-4-3-5-7-9/h3-7H,8H2,1-2H3. The fourth-order valence-electron chi connectivity index (χ4n) is 1.06. The monoisotopic (exact) mass is 184 g/mol. The minimum atomic E-state index is -2.27. The highest BCUT2D eigenvalue weighted by atomic mass is 31.2. The maximum absolute atomic E-state index is 11.9. The molecule has 0 saturated carbocycles. The van der Waals surface area contributed by atoms with Crippen LogP contribution in [0.5, 0.6) is 0 Å². The molecule has 12 heavy (non-hydrogen) atoms. The summed E-state index contributed by atoms with van der Waals surface area (Å²) in [5.74, 6) is 0. The van der Waals surface area contributed by atoms with E-state index >= 15 is 0 Å². The van der Waals surface area contributed by atoms with Crippen molar-refractivity contribution in [3.63, 3.8) is 0 Å². The molecule has 0 bridgehead atoms. The normalized spacial score (nSPS) is 15.5. The Balaban J connectivity index is 2.90. The van der Waals surface area contributed by atoms with Crippen LogP contribution < -0.4 is 5.30 Å². The summed E-state index contributed by atoms with van der Waals surface area (Å²) in [4.78, 5) is 0. The van der Waals surface area contributed by atoms with E-state index in [0.29, 0.717) is 6.35 Å². The molecule has 0 aliphatic rings. The van der Waals surface area contributed by atoms with Crippen molar-refractivity contribution in [2.45, 2.75) is 0 Å². The SMILES string of the molecule is COCP(C)(=O)c1ccccc1. The molecule has 3 heteroatoms. The van der Waals surface area contributed by atoms with E-state index in [0.717, 1.165) is 5.30 Å². The number of rotatable bonds is 3. The largest absolute Gasteiger partial charge is 0.377 e. The van der Waals surface area contributed by atoms with E-state index in [1.807, 2.05) is 30.3 Å². The van der Waals surface area contributed by atoms with Crippen LogP contribution in [-0.2, 0) is 9.30 Å². The van der Waals surface area contributed by atoms with Gasteiger partial charge in [0.1, 0.15) is 13.5 Å². The maximum atomic E-state index is 11.9. The van der Waals surface area contributed by atoms with Crippen LogP contribution >= 0.6 is 7.14 Å². The van der Waals surface area contributed by atoms with Gasteiger partial charge < -0.3 is 9.30 Å². The molecule has 0 fully saturated rings. The van der Waals surface area contributed by atoms with E-state index in [-0.39, 0.29) is 0 Å². The van der Waals surface area contributed by atoms with Gasteiger partial charge in [0, 0.05) is 12.4 Å². The van der Waals surface area contributed by atoms with E-state index in [2.05, 4.69) is 0 Å². The van der Waals surface area contributed by atoms with Crippen LogP contribution in [-0.4, -0.2) is 20.1 Å². The van der Waals surface area contributed by atoms with Crippen molar-refractivity contribution < 1.29 is 9.30 Å². The van der Waals surface area contributed by atoms with Crippen LogP contribution in [0.15, 0.2) is 30.3 Å². The predicted octanol–water partition coefficient (Wildman–Crippen LogP) is 1.91. The molecule has 1 aromatic rings. The van der Waals surface area contributed by atoms with Gasteiger partial charge in [-0.1, -0.05) is 30.3 Å². The lowest BCUT2D eigenvalue weighted by Crippen LogP contribution is -2.06. The van der Waals surface area contributed by atoms with Crippen molar-refractivity contribution in [2.24, 2.45) is 0 Å². The molecule has 0 saturated heterocycles. The van der Waals surface area contributed by atoms with Crippen LogP contribution in [0.25, 0.3) is 0 Å². The van der Waals surface area contributed by atoms with Gasteiger partial charge in [-0.15, -0.1) is 0 Å². The third-order valence-corrected chi connectivity index (χ3v) is 3.82. The Labute approximate surface area is 72.9 Å². The summed E-state index contributed by atoms with van der Waals surface area (Å²) < 4.78 is 16.8. The minimum absolute atomic E-state index is 0.316. The molecule has 0 heterocycles. The van der Waals surface area contributed by atoms with Crippen LogP contribution in [0.3, 0.4) is 0 Å². The second kappa shape index (κ2) is 3.88. The first-order valence-corrected chi connectivity index (χ1v) is 6.12. The molecular weight excluding hydrogens is 171 g/mol. The molecule has 0 aliphatic heterocycles. The van der Waals surface area contributed by atoms with Gasteiger partial charge in [-0.05, 0) is 6.66 Å². The Morgan fingerprint density at radius 2 is 1.92 bits per heavy atom. The number of ether oxygens (including phenoxy) is 1. The molecule has 2 nitrogen and oxygen atoms in total. The summed E-state index contributed by atoms with van der Waals surface area (Å²) in [7, 11) is -0.699. The average molecular weight is 184 g/mol. The zero-order chi connectivity index (χ0) is 9.03. The molecule has 0 spiro atoms. The summed E-state index contributed by atoms with van der Waals surface area (Å²) >= 11 is 0. The molecule has 0 radical (unpaired) electrons. The Morgan fingerprint density at radius 1 is 1.33 bits per heavy atom. The van der Waals surface area contributed by atoms with Crippen molar-refractivity contribution >= 4 is 12.4 Å². The molecule has 1 rings (SSSR count). The maximum Gasteiger partial charge on any atom is 0.137 e. The summed E-state index contributed by atoms with van der Waals surface area (Å²) in [5.41, 5.74) is 0. The molecular formula is C9H13O2P. The van der Waals surface area contributed by atoms with Crippen LogP contribution in [0.2, 0.25) is 0 Å². The fourth-order valence-corrected chi connectivity index (χ4v) is 2.51. The zero-order valence-corrected chi connectivity index (χ0v) is 8.25. The third kappa shape index (κ3) is 2.20. The van der Waals surface area contributed by atoms with Crippen molar-refractivity contribution in [1.82, 2.24) is 0 Å². The number of hydrogen-bond donors (Lipinski definition) is 0. The zero-order valence-electron chi connectivity index (χ0n) is 7.36. The van der Waals surface area contributed by atoms with E-state index in [9.17, 15) is 4.57 Å².